The first-order chi connectivity index (χ1) is 9.70. The van der Waals surface area contributed by atoms with Gasteiger partial charge in [0.15, 0.2) is 0 Å². The molecule has 6 heteroatoms. The number of rotatable bonds is 2. The molecule has 1 aliphatic heterocycles. The second-order valence-corrected chi connectivity index (χ2v) is 4.71. The number of hydrogen-bond donors (Lipinski definition) is 2. The molecule has 1 aliphatic rings. The summed E-state index contributed by atoms with van der Waals surface area (Å²) in [6, 6.07) is 7.15. The first kappa shape index (κ1) is 12.5. The third-order valence-electron chi connectivity index (χ3n) is 3.57. The molecular formula is C14H15N3O3. The van der Waals surface area contributed by atoms with E-state index in [1.807, 2.05) is 12.1 Å². The van der Waals surface area contributed by atoms with Crippen LogP contribution >= 0.6 is 0 Å². The number of hydrogen-bond acceptors (Lipinski definition) is 3. The van der Waals surface area contributed by atoms with E-state index in [0.29, 0.717) is 30.8 Å². The van der Waals surface area contributed by atoms with E-state index in [0.717, 1.165) is 11.3 Å². The molecule has 2 heterocycles. The van der Waals surface area contributed by atoms with Crippen LogP contribution in [0.3, 0.4) is 0 Å². The standard InChI is InChI=1S/C14H15N3O3/c1-20-12-5-3-2-4-10(12)14(19)17-7-6-9-11(8-17)15-16-13(9)18/h2-5H,6-8H2,1H3,(H2,15,16,18). The molecule has 1 amide bonds. The highest BCUT2D eigenvalue weighted by Crippen LogP contribution is 2.22. The van der Waals surface area contributed by atoms with Gasteiger partial charge in [-0.1, -0.05) is 12.1 Å². The fourth-order valence-corrected chi connectivity index (χ4v) is 2.50. The molecule has 1 aromatic carbocycles. The molecule has 0 atom stereocenters. The predicted octanol–water partition coefficient (Wildman–Crippen LogP) is 0.910. The summed E-state index contributed by atoms with van der Waals surface area (Å²) in [4.78, 5) is 25.8. The van der Waals surface area contributed by atoms with Crippen LogP contribution in [-0.2, 0) is 13.0 Å². The number of benzene rings is 1. The Morgan fingerprint density at radius 3 is 2.90 bits per heavy atom. The van der Waals surface area contributed by atoms with Crippen LogP contribution in [0.2, 0.25) is 0 Å². The lowest BCUT2D eigenvalue weighted by Gasteiger charge is -2.26. The highest BCUT2D eigenvalue weighted by Gasteiger charge is 2.26. The van der Waals surface area contributed by atoms with Crippen molar-refractivity contribution in [1.82, 2.24) is 15.1 Å². The Morgan fingerprint density at radius 1 is 1.30 bits per heavy atom. The number of nitrogens with zero attached hydrogens (tertiary/aromatic N) is 1. The third-order valence-corrected chi connectivity index (χ3v) is 3.57. The Morgan fingerprint density at radius 2 is 2.10 bits per heavy atom. The molecule has 0 aliphatic carbocycles. The van der Waals surface area contributed by atoms with E-state index in [1.54, 1.807) is 24.1 Å². The van der Waals surface area contributed by atoms with Crippen LogP contribution < -0.4 is 10.3 Å². The van der Waals surface area contributed by atoms with E-state index in [2.05, 4.69) is 10.2 Å². The summed E-state index contributed by atoms with van der Waals surface area (Å²) in [5.41, 5.74) is 1.97. The number of carbonyl (C=O) groups is 1. The van der Waals surface area contributed by atoms with Crippen LogP contribution in [0.25, 0.3) is 0 Å². The summed E-state index contributed by atoms with van der Waals surface area (Å²) in [6.07, 6.45) is 0.565. The number of aromatic nitrogens is 2. The summed E-state index contributed by atoms with van der Waals surface area (Å²) in [5, 5.41) is 5.39. The number of aromatic amines is 2. The van der Waals surface area contributed by atoms with Crippen molar-refractivity contribution in [3.63, 3.8) is 0 Å². The number of para-hydroxylation sites is 1. The highest BCUT2D eigenvalue weighted by atomic mass is 16.5. The van der Waals surface area contributed by atoms with Gasteiger partial charge in [0, 0.05) is 12.1 Å². The number of carbonyl (C=O) groups excluding carboxylic acids is 1. The molecule has 0 fully saturated rings. The molecule has 20 heavy (non-hydrogen) atoms. The molecule has 0 spiro atoms. The van der Waals surface area contributed by atoms with Crippen LogP contribution in [0.1, 0.15) is 21.6 Å². The Bertz CT molecular complexity index is 702. The van der Waals surface area contributed by atoms with E-state index in [9.17, 15) is 9.59 Å². The van der Waals surface area contributed by atoms with Crippen molar-refractivity contribution in [3.8, 4) is 5.75 Å². The summed E-state index contributed by atoms with van der Waals surface area (Å²) in [5.74, 6) is 0.473. The van der Waals surface area contributed by atoms with Gasteiger partial charge in [-0.05, 0) is 18.6 Å². The number of H-pyrrole nitrogens is 2. The lowest BCUT2D eigenvalue weighted by molar-refractivity contribution is 0.0729. The zero-order valence-electron chi connectivity index (χ0n) is 11.1. The van der Waals surface area contributed by atoms with Gasteiger partial charge in [-0.3, -0.25) is 14.7 Å². The maximum Gasteiger partial charge on any atom is 0.267 e. The topological polar surface area (TPSA) is 78.2 Å². The minimum atomic E-state index is -0.0932. The Balaban J connectivity index is 1.88. The molecule has 0 bridgehead atoms. The second-order valence-electron chi connectivity index (χ2n) is 4.71. The molecule has 0 saturated heterocycles. The molecule has 1 aromatic heterocycles. The number of ether oxygens (including phenoxy) is 1. The van der Waals surface area contributed by atoms with Crippen molar-refractivity contribution in [1.29, 1.82) is 0 Å². The van der Waals surface area contributed by atoms with Gasteiger partial charge in [-0.15, -0.1) is 0 Å². The number of methoxy groups -OCH3 is 1. The molecule has 104 valence electrons. The molecule has 6 nitrogen and oxygen atoms in total. The van der Waals surface area contributed by atoms with Gasteiger partial charge in [0.1, 0.15) is 5.75 Å². The maximum atomic E-state index is 12.5. The van der Waals surface area contributed by atoms with Crippen molar-refractivity contribution >= 4 is 5.91 Å². The van der Waals surface area contributed by atoms with E-state index in [1.165, 1.54) is 0 Å². The van der Waals surface area contributed by atoms with Crippen molar-refractivity contribution in [3.05, 3.63) is 51.4 Å². The normalized spacial score (nSPS) is 13.9. The quantitative estimate of drug-likeness (QED) is 0.853. The molecule has 2 N–H and O–H groups in total. The van der Waals surface area contributed by atoms with E-state index < -0.39 is 0 Å². The van der Waals surface area contributed by atoms with Crippen LogP contribution in [0.4, 0.5) is 0 Å². The number of nitrogens with one attached hydrogen (secondary N) is 2. The van der Waals surface area contributed by atoms with Crippen LogP contribution in [0.15, 0.2) is 29.1 Å². The Hall–Kier alpha value is -2.50. The first-order valence-electron chi connectivity index (χ1n) is 6.41. The van der Waals surface area contributed by atoms with Gasteiger partial charge in [-0.2, -0.15) is 0 Å². The van der Waals surface area contributed by atoms with Gasteiger partial charge < -0.3 is 14.7 Å². The van der Waals surface area contributed by atoms with E-state index in [-0.39, 0.29) is 11.5 Å². The zero-order valence-corrected chi connectivity index (χ0v) is 11.1. The average molecular weight is 273 g/mol. The third kappa shape index (κ3) is 1.99. The molecular weight excluding hydrogens is 258 g/mol. The van der Waals surface area contributed by atoms with Crippen molar-refractivity contribution in [2.45, 2.75) is 13.0 Å². The predicted molar refractivity (Wildman–Crippen MR) is 72.9 cm³/mol. The lowest BCUT2D eigenvalue weighted by atomic mass is 10.1. The van der Waals surface area contributed by atoms with Crippen molar-refractivity contribution < 1.29 is 9.53 Å². The highest BCUT2D eigenvalue weighted by molar-refractivity contribution is 5.97. The summed E-state index contributed by atoms with van der Waals surface area (Å²) >= 11 is 0. The second kappa shape index (κ2) is 4.88. The van der Waals surface area contributed by atoms with Crippen LogP contribution in [0, 0.1) is 0 Å². The van der Waals surface area contributed by atoms with E-state index >= 15 is 0 Å². The minimum absolute atomic E-state index is 0.0878. The van der Waals surface area contributed by atoms with Crippen LogP contribution in [-0.4, -0.2) is 34.7 Å². The van der Waals surface area contributed by atoms with Crippen LogP contribution in [0.5, 0.6) is 5.75 Å². The first-order valence-corrected chi connectivity index (χ1v) is 6.41. The van der Waals surface area contributed by atoms with Gasteiger partial charge in [-0.25, -0.2) is 0 Å². The number of amides is 1. The largest absolute Gasteiger partial charge is 0.496 e. The van der Waals surface area contributed by atoms with E-state index in [4.69, 9.17) is 4.74 Å². The van der Waals surface area contributed by atoms with Gasteiger partial charge in [0.05, 0.1) is 24.9 Å². The Labute approximate surface area is 115 Å². The minimum Gasteiger partial charge on any atom is -0.496 e. The molecule has 0 radical (unpaired) electrons. The smallest absolute Gasteiger partial charge is 0.267 e. The van der Waals surface area contributed by atoms with Gasteiger partial charge in [0.2, 0.25) is 0 Å². The Kier molecular flexibility index (Phi) is 3.06. The average Bonchev–Trinajstić information content (AvgIpc) is 2.87. The lowest BCUT2D eigenvalue weighted by Crippen LogP contribution is -2.37. The van der Waals surface area contributed by atoms with Gasteiger partial charge >= 0.3 is 0 Å². The van der Waals surface area contributed by atoms with Crippen molar-refractivity contribution in [2.24, 2.45) is 0 Å². The van der Waals surface area contributed by atoms with Crippen molar-refractivity contribution in [2.75, 3.05) is 13.7 Å². The fraction of sp³-hybridized carbons (Fsp3) is 0.286. The SMILES string of the molecule is COc1ccccc1C(=O)N1CCc2c([nH][nH]c2=O)C1. The molecule has 2 aromatic rings. The number of fused-ring (bicyclic) bond motifs is 1. The summed E-state index contributed by atoms with van der Waals surface area (Å²) in [6.45, 7) is 0.940. The zero-order chi connectivity index (χ0) is 14.1. The fourth-order valence-electron chi connectivity index (χ4n) is 2.50. The molecule has 3 rings (SSSR count). The molecule has 0 saturated carbocycles. The maximum absolute atomic E-state index is 12.5. The van der Waals surface area contributed by atoms with Gasteiger partial charge in [0.25, 0.3) is 11.5 Å². The monoisotopic (exact) mass is 273 g/mol. The summed E-state index contributed by atoms with van der Waals surface area (Å²) < 4.78 is 5.22. The molecule has 0 unspecified atom stereocenters. The summed E-state index contributed by atoms with van der Waals surface area (Å²) in [7, 11) is 1.55.